The van der Waals surface area contributed by atoms with E-state index >= 15 is 0 Å². The first-order chi connectivity index (χ1) is 11.3. The highest BCUT2D eigenvalue weighted by molar-refractivity contribution is 5.94. The number of hydrogen-bond acceptors (Lipinski definition) is 4. The van der Waals surface area contributed by atoms with Gasteiger partial charge >= 0.3 is 0 Å². The minimum absolute atomic E-state index is 0.0501. The van der Waals surface area contributed by atoms with Gasteiger partial charge in [-0.25, -0.2) is 4.68 Å². The Morgan fingerprint density at radius 3 is 3.04 bits per heavy atom. The van der Waals surface area contributed by atoms with Crippen molar-refractivity contribution in [2.75, 3.05) is 19.8 Å². The topological polar surface area (TPSA) is 60.2 Å². The third kappa shape index (κ3) is 3.12. The zero-order valence-electron chi connectivity index (χ0n) is 13.0. The number of nitrogens with zero attached hydrogens (tertiary/aromatic N) is 4. The van der Waals surface area contributed by atoms with E-state index in [1.807, 2.05) is 17.0 Å². The minimum Gasteiger partial charge on any atom is -0.377 e. The van der Waals surface area contributed by atoms with E-state index in [9.17, 15) is 4.79 Å². The van der Waals surface area contributed by atoms with Crippen molar-refractivity contribution >= 4 is 5.91 Å². The summed E-state index contributed by atoms with van der Waals surface area (Å²) in [5.41, 5.74) is 1.47. The van der Waals surface area contributed by atoms with Gasteiger partial charge in [0.15, 0.2) is 0 Å². The van der Waals surface area contributed by atoms with Gasteiger partial charge < -0.3 is 9.64 Å². The molecular weight excluding hydrogens is 292 g/mol. The first kappa shape index (κ1) is 14.4. The maximum absolute atomic E-state index is 12.9. The van der Waals surface area contributed by atoms with Crippen LogP contribution in [0.15, 0.2) is 36.9 Å². The molecule has 6 heteroatoms. The Morgan fingerprint density at radius 1 is 1.35 bits per heavy atom. The lowest BCUT2D eigenvalue weighted by Crippen LogP contribution is -2.48. The summed E-state index contributed by atoms with van der Waals surface area (Å²) < 4.78 is 7.27. The molecule has 3 heterocycles. The van der Waals surface area contributed by atoms with Crippen LogP contribution in [0.25, 0.3) is 5.69 Å². The molecule has 1 amide bonds. The molecule has 6 nitrogen and oxygen atoms in total. The Hall–Kier alpha value is -2.21. The molecule has 1 aliphatic heterocycles. The fourth-order valence-corrected chi connectivity index (χ4v) is 3.09. The van der Waals surface area contributed by atoms with Crippen LogP contribution in [0, 0.1) is 5.92 Å². The molecule has 4 rings (SSSR count). The summed E-state index contributed by atoms with van der Waals surface area (Å²) in [6.07, 6.45) is 10.5. The molecule has 2 aromatic heterocycles. The average molecular weight is 312 g/mol. The summed E-state index contributed by atoms with van der Waals surface area (Å²) in [5, 5.41) is 4.30. The van der Waals surface area contributed by atoms with Gasteiger partial charge in [0.25, 0.3) is 5.91 Å². The maximum Gasteiger partial charge on any atom is 0.257 e. The van der Waals surface area contributed by atoms with Crippen LogP contribution >= 0.6 is 0 Å². The highest BCUT2D eigenvalue weighted by Crippen LogP contribution is 2.35. The standard InChI is InChI=1S/C17H20N4O2/c22-17(20-6-7-23-12-16(20)8-13-3-4-13)14-9-19-21(11-14)15-2-1-5-18-10-15/h1-2,5,9-11,13,16H,3-4,6-8,12H2. The Morgan fingerprint density at radius 2 is 2.26 bits per heavy atom. The molecule has 0 radical (unpaired) electrons. The average Bonchev–Trinajstić information content (AvgIpc) is 3.27. The molecule has 2 aromatic rings. The quantitative estimate of drug-likeness (QED) is 0.865. The van der Waals surface area contributed by atoms with E-state index in [1.54, 1.807) is 29.5 Å². The van der Waals surface area contributed by atoms with Gasteiger partial charge in [0.05, 0.1) is 42.9 Å². The zero-order valence-corrected chi connectivity index (χ0v) is 13.0. The van der Waals surface area contributed by atoms with Crippen molar-refractivity contribution in [1.29, 1.82) is 0 Å². The second-order valence-electron chi connectivity index (χ2n) is 6.29. The molecule has 23 heavy (non-hydrogen) atoms. The normalized spacial score (nSPS) is 21.4. The third-order valence-electron chi connectivity index (χ3n) is 4.53. The lowest BCUT2D eigenvalue weighted by atomic mass is 10.1. The van der Waals surface area contributed by atoms with Crippen LogP contribution in [0.3, 0.4) is 0 Å². The molecule has 1 atom stereocenters. The monoisotopic (exact) mass is 312 g/mol. The van der Waals surface area contributed by atoms with Crippen molar-refractivity contribution in [3.05, 3.63) is 42.5 Å². The van der Waals surface area contributed by atoms with E-state index in [2.05, 4.69) is 10.1 Å². The lowest BCUT2D eigenvalue weighted by Gasteiger charge is -2.35. The SMILES string of the molecule is O=C(c1cnn(-c2cccnc2)c1)N1CCOCC1CC1CC1. The molecule has 2 fully saturated rings. The van der Waals surface area contributed by atoms with Crippen LogP contribution in [-0.4, -0.2) is 51.4 Å². The van der Waals surface area contributed by atoms with E-state index in [0.29, 0.717) is 25.3 Å². The van der Waals surface area contributed by atoms with Gasteiger partial charge in [-0.15, -0.1) is 0 Å². The molecule has 1 unspecified atom stereocenters. The molecule has 2 aliphatic rings. The van der Waals surface area contributed by atoms with Crippen LogP contribution in [-0.2, 0) is 4.74 Å². The fraction of sp³-hybridized carbons (Fsp3) is 0.471. The Balaban J connectivity index is 1.52. The van der Waals surface area contributed by atoms with Gasteiger partial charge in [0.2, 0.25) is 0 Å². The largest absolute Gasteiger partial charge is 0.377 e. The number of pyridine rings is 1. The predicted molar refractivity (Wildman–Crippen MR) is 84.3 cm³/mol. The third-order valence-corrected chi connectivity index (χ3v) is 4.53. The summed E-state index contributed by atoms with van der Waals surface area (Å²) in [5.74, 6) is 0.823. The number of ether oxygens (including phenoxy) is 1. The van der Waals surface area contributed by atoms with Crippen LogP contribution in [0.2, 0.25) is 0 Å². The molecule has 1 saturated carbocycles. The molecule has 120 valence electrons. The number of aromatic nitrogens is 3. The minimum atomic E-state index is 0.0501. The number of hydrogen-bond donors (Lipinski definition) is 0. The van der Waals surface area contributed by atoms with Crippen LogP contribution in [0.1, 0.15) is 29.6 Å². The van der Waals surface area contributed by atoms with Gasteiger partial charge in [-0.05, 0) is 24.5 Å². The van der Waals surface area contributed by atoms with E-state index in [-0.39, 0.29) is 11.9 Å². The van der Waals surface area contributed by atoms with Crippen molar-refractivity contribution in [2.45, 2.75) is 25.3 Å². The van der Waals surface area contributed by atoms with Gasteiger partial charge in [-0.3, -0.25) is 9.78 Å². The fourth-order valence-electron chi connectivity index (χ4n) is 3.09. The number of carbonyl (C=O) groups is 1. The molecule has 1 saturated heterocycles. The summed E-state index contributed by atoms with van der Waals surface area (Å²) in [4.78, 5) is 18.9. The van der Waals surface area contributed by atoms with E-state index in [0.717, 1.165) is 18.0 Å². The summed E-state index contributed by atoms with van der Waals surface area (Å²) in [6, 6.07) is 3.97. The summed E-state index contributed by atoms with van der Waals surface area (Å²) in [6.45, 7) is 1.93. The Kier molecular flexibility index (Phi) is 3.83. The van der Waals surface area contributed by atoms with Crippen LogP contribution in [0.5, 0.6) is 0 Å². The van der Waals surface area contributed by atoms with Crippen molar-refractivity contribution in [3.63, 3.8) is 0 Å². The van der Waals surface area contributed by atoms with Gasteiger partial charge in [-0.2, -0.15) is 5.10 Å². The van der Waals surface area contributed by atoms with E-state index < -0.39 is 0 Å². The Labute approximate surface area is 135 Å². The second-order valence-corrected chi connectivity index (χ2v) is 6.29. The van der Waals surface area contributed by atoms with Crippen molar-refractivity contribution in [1.82, 2.24) is 19.7 Å². The smallest absolute Gasteiger partial charge is 0.257 e. The predicted octanol–water partition coefficient (Wildman–Crippen LogP) is 1.91. The van der Waals surface area contributed by atoms with Crippen molar-refractivity contribution in [2.24, 2.45) is 5.92 Å². The molecule has 0 bridgehead atoms. The number of carbonyl (C=O) groups excluding carboxylic acids is 1. The van der Waals surface area contributed by atoms with E-state index in [4.69, 9.17) is 4.74 Å². The molecule has 0 aromatic carbocycles. The Bertz CT molecular complexity index is 681. The van der Waals surface area contributed by atoms with Crippen LogP contribution in [0.4, 0.5) is 0 Å². The number of morpholine rings is 1. The first-order valence-corrected chi connectivity index (χ1v) is 8.15. The second kappa shape index (κ2) is 6.12. The molecule has 1 aliphatic carbocycles. The van der Waals surface area contributed by atoms with Gasteiger partial charge in [0, 0.05) is 18.9 Å². The van der Waals surface area contributed by atoms with E-state index in [1.165, 1.54) is 12.8 Å². The van der Waals surface area contributed by atoms with Gasteiger partial charge in [-0.1, -0.05) is 12.8 Å². The highest BCUT2D eigenvalue weighted by atomic mass is 16.5. The first-order valence-electron chi connectivity index (χ1n) is 8.15. The molecule has 0 spiro atoms. The van der Waals surface area contributed by atoms with Crippen molar-refractivity contribution < 1.29 is 9.53 Å². The number of amides is 1. The molecular formula is C17H20N4O2. The number of rotatable bonds is 4. The van der Waals surface area contributed by atoms with Crippen molar-refractivity contribution in [3.8, 4) is 5.69 Å². The lowest BCUT2D eigenvalue weighted by molar-refractivity contribution is -0.00569. The summed E-state index contributed by atoms with van der Waals surface area (Å²) in [7, 11) is 0. The van der Waals surface area contributed by atoms with Crippen LogP contribution < -0.4 is 0 Å². The highest BCUT2D eigenvalue weighted by Gasteiger charge is 2.33. The molecule has 0 N–H and O–H groups in total. The summed E-state index contributed by atoms with van der Waals surface area (Å²) >= 11 is 0. The zero-order chi connectivity index (χ0) is 15.6. The maximum atomic E-state index is 12.9. The van der Waals surface area contributed by atoms with Gasteiger partial charge in [0.1, 0.15) is 0 Å².